The zero-order chi connectivity index (χ0) is 15.2. The van der Waals surface area contributed by atoms with Crippen LogP contribution in [0.3, 0.4) is 0 Å². The van der Waals surface area contributed by atoms with Gasteiger partial charge in [-0.1, -0.05) is 0 Å². The summed E-state index contributed by atoms with van der Waals surface area (Å²) in [5.41, 5.74) is 0. The number of nitrogens with zero attached hydrogens (tertiary/aromatic N) is 1. The molecule has 2 fully saturated rings. The van der Waals surface area contributed by atoms with E-state index in [0.29, 0.717) is 12.1 Å². The lowest BCUT2D eigenvalue weighted by molar-refractivity contribution is -0.159. The summed E-state index contributed by atoms with van der Waals surface area (Å²) < 4.78 is 10.2. The lowest BCUT2D eigenvalue weighted by Gasteiger charge is -2.38. The predicted octanol–water partition coefficient (Wildman–Crippen LogP) is 0.861. The minimum atomic E-state index is -0.522. The first kappa shape index (κ1) is 16.2. The summed E-state index contributed by atoms with van der Waals surface area (Å²) in [7, 11) is 0. The molecule has 0 aromatic carbocycles. The van der Waals surface area contributed by atoms with Crippen LogP contribution in [0.25, 0.3) is 0 Å². The zero-order valence-corrected chi connectivity index (χ0v) is 12.6. The van der Waals surface area contributed by atoms with Gasteiger partial charge in [0.15, 0.2) is 0 Å². The van der Waals surface area contributed by atoms with Crippen LogP contribution in [0.2, 0.25) is 0 Å². The molecule has 2 unspecified atom stereocenters. The average molecular weight is 299 g/mol. The first-order valence-corrected chi connectivity index (χ1v) is 7.85. The van der Waals surface area contributed by atoms with Crippen molar-refractivity contribution >= 4 is 11.9 Å². The Morgan fingerprint density at radius 1 is 1.19 bits per heavy atom. The number of aliphatic hydroxyl groups excluding tert-OH is 1. The van der Waals surface area contributed by atoms with E-state index in [1.54, 1.807) is 6.92 Å². The number of fused-ring (bicyclic) bond motifs is 2. The van der Waals surface area contributed by atoms with Crippen LogP contribution in [-0.2, 0) is 19.1 Å². The molecule has 2 saturated heterocycles. The van der Waals surface area contributed by atoms with Gasteiger partial charge in [-0.15, -0.1) is 0 Å². The topological polar surface area (TPSA) is 76.1 Å². The summed E-state index contributed by atoms with van der Waals surface area (Å²) in [5, 5.41) is 8.95. The number of carbonyl (C=O) groups excluding carboxylic acids is 2. The Morgan fingerprint density at radius 2 is 1.86 bits per heavy atom. The van der Waals surface area contributed by atoms with Gasteiger partial charge in [0.2, 0.25) is 0 Å². The molecule has 0 aliphatic carbocycles. The van der Waals surface area contributed by atoms with Crippen molar-refractivity contribution in [2.45, 2.75) is 63.6 Å². The Balaban J connectivity index is 1.77. The Labute approximate surface area is 125 Å². The van der Waals surface area contributed by atoms with Crippen LogP contribution >= 0.6 is 0 Å². The van der Waals surface area contributed by atoms with Crippen LogP contribution in [0.5, 0.6) is 0 Å². The van der Waals surface area contributed by atoms with Crippen molar-refractivity contribution in [3.05, 3.63) is 0 Å². The smallest absolute Gasteiger partial charge is 0.317 e. The highest BCUT2D eigenvalue weighted by Crippen LogP contribution is 2.36. The van der Waals surface area contributed by atoms with Crippen LogP contribution in [0.15, 0.2) is 0 Å². The minimum Gasteiger partial charge on any atom is -0.466 e. The van der Waals surface area contributed by atoms with Gasteiger partial charge in [-0.05, 0) is 26.2 Å². The fraction of sp³-hybridized carbons (Fsp3) is 0.867. The van der Waals surface area contributed by atoms with Crippen molar-refractivity contribution in [1.82, 2.24) is 4.90 Å². The second-order valence-corrected chi connectivity index (χ2v) is 5.77. The summed E-state index contributed by atoms with van der Waals surface area (Å²) in [6.45, 7) is 3.12. The Kier molecular flexibility index (Phi) is 5.99. The maximum absolute atomic E-state index is 11.7. The van der Waals surface area contributed by atoms with Gasteiger partial charge < -0.3 is 14.6 Å². The van der Waals surface area contributed by atoms with E-state index in [9.17, 15) is 9.59 Å². The van der Waals surface area contributed by atoms with Crippen LogP contribution in [-0.4, -0.2) is 59.9 Å². The number of hydrogen-bond donors (Lipinski definition) is 1. The SMILES string of the molecule is CCOC(=O)CC(=O)OC1CC2CCC(C1)N2CCCO. The Morgan fingerprint density at radius 3 is 2.43 bits per heavy atom. The maximum atomic E-state index is 11.7. The highest BCUT2D eigenvalue weighted by molar-refractivity contribution is 5.91. The Hall–Kier alpha value is -1.14. The van der Waals surface area contributed by atoms with E-state index in [2.05, 4.69) is 4.90 Å². The maximum Gasteiger partial charge on any atom is 0.317 e. The van der Waals surface area contributed by atoms with E-state index in [0.717, 1.165) is 38.6 Å². The molecular formula is C15H25NO5. The van der Waals surface area contributed by atoms with Crippen molar-refractivity contribution < 1.29 is 24.2 Å². The number of rotatable bonds is 7. The number of hydrogen-bond acceptors (Lipinski definition) is 6. The van der Waals surface area contributed by atoms with Gasteiger partial charge in [-0.3, -0.25) is 14.5 Å². The third-order valence-electron chi connectivity index (χ3n) is 4.31. The standard InChI is InChI=1S/C15H25NO5/c1-2-20-14(18)10-15(19)21-13-8-11-4-5-12(9-13)16(11)6-3-7-17/h11-13,17H,2-10H2,1H3. The van der Waals surface area contributed by atoms with Crippen molar-refractivity contribution in [2.24, 2.45) is 0 Å². The summed E-state index contributed by atoms with van der Waals surface area (Å²) >= 11 is 0. The van der Waals surface area contributed by atoms with Crippen molar-refractivity contribution in [1.29, 1.82) is 0 Å². The minimum absolute atomic E-state index is 0.0881. The highest BCUT2D eigenvalue weighted by Gasteiger charge is 2.41. The molecule has 6 nitrogen and oxygen atoms in total. The van der Waals surface area contributed by atoms with E-state index >= 15 is 0 Å². The van der Waals surface area contributed by atoms with Gasteiger partial charge in [0.05, 0.1) is 6.61 Å². The number of esters is 2. The quantitative estimate of drug-likeness (QED) is 0.555. The predicted molar refractivity (Wildman–Crippen MR) is 75.6 cm³/mol. The molecule has 2 atom stereocenters. The van der Waals surface area contributed by atoms with Crippen molar-refractivity contribution in [3.63, 3.8) is 0 Å². The van der Waals surface area contributed by atoms with E-state index in [4.69, 9.17) is 14.6 Å². The van der Waals surface area contributed by atoms with E-state index in [1.807, 2.05) is 0 Å². The summed E-state index contributed by atoms with van der Waals surface area (Å²) in [4.78, 5) is 25.4. The van der Waals surface area contributed by atoms with Gasteiger partial charge in [-0.25, -0.2) is 0 Å². The van der Waals surface area contributed by atoms with Crippen molar-refractivity contribution in [2.75, 3.05) is 19.8 Å². The van der Waals surface area contributed by atoms with Crippen LogP contribution in [0, 0.1) is 0 Å². The fourth-order valence-electron chi connectivity index (χ4n) is 3.50. The van der Waals surface area contributed by atoms with Crippen LogP contribution in [0.1, 0.15) is 45.4 Å². The number of carbonyl (C=O) groups is 2. The van der Waals surface area contributed by atoms with E-state index in [1.165, 1.54) is 0 Å². The van der Waals surface area contributed by atoms with E-state index < -0.39 is 11.9 Å². The van der Waals surface area contributed by atoms with Crippen LogP contribution < -0.4 is 0 Å². The lowest BCUT2D eigenvalue weighted by atomic mass is 9.99. The van der Waals surface area contributed by atoms with Gasteiger partial charge >= 0.3 is 11.9 Å². The van der Waals surface area contributed by atoms with E-state index in [-0.39, 0.29) is 25.7 Å². The molecule has 0 spiro atoms. The first-order chi connectivity index (χ1) is 10.1. The monoisotopic (exact) mass is 299 g/mol. The van der Waals surface area contributed by atoms with Crippen molar-refractivity contribution in [3.8, 4) is 0 Å². The molecule has 2 heterocycles. The molecule has 2 aliphatic heterocycles. The molecule has 21 heavy (non-hydrogen) atoms. The second kappa shape index (κ2) is 7.75. The summed E-state index contributed by atoms with van der Waals surface area (Å²) in [5.74, 6) is -1.01. The van der Waals surface area contributed by atoms with Gasteiger partial charge in [-0.2, -0.15) is 0 Å². The number of ether oxygens (including phenoxy) is 2. The molecule has 0 aromatic rings. The second-order valence-electron chi connectivity index (χ2n) is 5.77. The molecule has 2 bridgehead atoms. The largest absolute Gasteiger partial charge is 0.466 e. The van der Waals surface area contributed by atoms with Gasteiger partial charge in [0.1, 0.15) is 12.5 Å². The lowest BCUT2D eigenvalue weighted by Crippen LogP contribution is -2.46. The summed E-state index contributed by atoms with van der Waals surface area (Å²) in [6, 6.07) is 0.881. The molecule has 2 rings (SSSR count). The molecule has 1 N–H and O–H groups in total. The third kappa shape index (κ3) is 4.41. The molecule has 6 heteroatoms. The molecule has 0 radical (unpaired) electrons. The number of aliphatic hydroxyl groups is 1. The average Bonchev–Trinajstić information content (AvgIpc) is 2.66. The molecule has 2 aliphatic rings. The van der Waals surface area contributed by atoms with Gasteiger partial charge in [0.25, 0.3) is 0 Å². The first-order valence-electron chi connectivity index (χ1n) is 7.85. The highest BCUT2D eigenvalue weighted by atomic mass is 16.6. The molecule has 120 valence electrons. The molecule has 0 aromatic heterocycles. The third-order valence-corrected chi connectivity index (χ3v) is 4.31. The fourth-order valence-corrected chi connectivity index (χ4v) is 3.50. The Bertz CT molecular complexity index is 359. The normalized spacial score (nSPS) is 28.4. The molecule has 0 amide bonds. The number of piperidine rings is 1. The van der Waals surface area contributed by atoms with Gasteiger partial charge in [0, 0.05) is 38.1 Å². The molecule has 0 saturated carbocycles. The van der Waals surface area contributed by atoms with Crippen LogP contribution in [0.4, 0.5) is 0 Å². The summed E-state index contributed by atoms with van der Waals surface area (Å²) in [6.07, 6.45) is 4.32. The zero-order valence-electron chi connectivity index (χ0n) is 12.6. The molecular weight excluding hydrogens is 274 g/mol.